The molecule has 0 bridgehead atoms. The summed E-state index contributed by atoms with van der Waals surface area (Å²) in [5.74, 6) is 0.185. The normalized spacial score (nSPS) is 11.3. The first kappa shape index (κ1) is 13.7. The molecule has 0 aliphatic carbocycles. The quantitative estimate of drug-likeness (QED) is 0.911. The predicted molar refractivity (Wildman–Crippen MR) is 67.4 cm³/mol. The van der Waals surface area contributed by atoms with Gasteiger partial charge >= 0.3 is 6.18 Å². The van der Waals surface area contributed by atoms with Crippen molar-refractivity contribution in [1.82, 2.24) is 4.37 Å². The number of rotatable bonds is 5. The van der Waals surface area contributed by atoms with E-state index < -0.39 is 12.8 Å². The zero-order chi connectivity index (χ0) is 13.7. The van der Waals surface area contributed by atoms with E-state index in [9.17, 15) is 13.2 Å². The van der Waals surface area contributed by atoms with Crippen LogP contribution in [0.4, 0.5) is 18.9 Å². The number of alkyl halides is 3. The molecule has 0 aliphatic rings. The lowest BCUT2D eigenvalue weighted by atomic mass is 10.3. The van der Waals surface area contributed by atoms with Crippen LogP contribution in [-0.4, -0.2) is 17.2 Å². The summed E-state index contributed by atoms with van der Waals surface area (Å²) < 4.78 is 45.1. The molecule has 0 saturated carbocycles. The molecule has 0 radical (unpaired) electrons. The van der Waals surface area contributed by atoms with Crippen molar-refractivity contribution >= 4 is 17.2 Å². The number of hydrogen-bond donors (Lipinski definition) is 1. The van der Waals surface area contributed by atoms with Crippen LogP contribution in [0.15, 0.2) is 36.5 Å². The number of halogens is 3. The van der Waals surface area contributed by atoms with Gasteiger partial charge in [0.2, 0.25) is 0 Å². The average molecular weight is 288 g/mol. The zero-order valence-electron chi connectivity index (χ0n) is 9.78. The van der Waals surface area contributed by atoms with Crippen molar-refractivity contribution in [3.05, 3.63) is 41.4 Å². The molecule has 0 amide bonds. The van der Waals surface area contributed by atoms with Gasteiger partial charge in [0.15, 0.2) is 6.61 Å². The highest BCUT2D eigenvalue weighted by Gasteiger charge is 2.28. The van der Waals surface area contributed by atoms with Crippen LogP contribution in [0.25, 0.3) is 0 Å². The SMILES string of the molecule is FC(F)(F)COc1ccccc1NCc1ccns1. The molecule has 1 N–H and O–H groups in total. The van der Waals surface area contributed by atoms with Crippen LogP contribution >= 0.6 is 11.5 Å². The lowest BCUT2D eigenvalue weighted by Crippen LogP contribution is -2.19. The van der Waals surface area contributed by atoms with Gasteiger partial charge in [-0.3, -0.25) is 0 Å². The fourth-order valence-corrected chi connectivity index (χ4v) is 1.93. The second kappa shape index (κ2) is 5.92. The number of para-hydroxylation sites is 2. The fourth-order valence-electron chi connectivity index (χ4n) is 1.41. The Balaban J connectivity index is 1.99. The minimum absolute atomic E-state index is 0.185. The van der Waals surface area contributed by atoms with Gasteiger partial charge in [0, 0.05) is 11.1 Å². The van der Waals surface area contributed by atoms with E-state index in [4.69, 9.17) is 4.74 Å². The number of ether oxygens (including phenoxy) is 1. The van der Waals surface area contributed by atoms with E-state index in [1.165, 1.54) is 17.6 Å². The third-order valence-electron chi connectivity index (χ3n) is 2.22. The number of hydrogen-bond acceptors (Lipinski definition) is 4. The van der Waals surface area contributed by atoms with Gasteiger partial charge in [-0.1, -0.05) is 12.1 Å². The van der Waals surface area contributed by atoms with Gasteiger partial charge < -0.3 is 10.1 Å². The molecule has 1 aromatic carbocycles. The van der Waals surface area contributed by atoms with Gasteiger partial charge in [0.25, 0.3) is 0 Å². The summed E-state index contributed by atoms with van der Waals surface area (Å²) in [7, 11) is 0. The van der Waals surface area contributed by atoms with Crippen molar-refractivity contribution in [3.63, 3.8) is 0 Å². The van der Waals surface area contributed by atoms with E-state index in [0.717, 1.165) is 4.88 Å². The van der Waals surface area contributed by atoms with Crippen LogP contribution in [0.1, 0.15) is 4.88 Å². The second-order valence-electron chi connectivity index (χ2n) is 3.73. The Bertz CT molecular complexity index is 514. The number of benzene rings is 1. The molecule has 0 spiro atoms. The Morgan fingerprint density at radius 2 is 2.00 bits per heavy atom. The van der Waals surface area contributed by atoms with Gasteiger partial charge in [-0.2, -0.15) is 13.2 Å². The summed E-state index contributed by atoms with van der Waals surface area (Å²) in [5, 5.41) is 3.03. The van der Waals surface area contributed by atoms with E-state index in [2.05, 4.69) is 9.69 Å². The molecule has 7 heteroatoms. The summed E-state index contributed by atoms with van der Waals surface area (Å²) in [4.78, 5) is 0.991. The maximum absolute atomic E-state index is 12.1. The van der Waals surface area contributed by atoms with Crippen LogP contribution in [0, 0.1) is 0 Å². The molecule has 0 aliphatic heterocycles. The Morgan fingerprint density at radius 3 is 2.68 bits per heavy atom. The number of nitrogens with zero attached hydrogens (tertiary/aromatic N) is 1. The molecule has 0 fully saturated rings. The van der Waals surface area contributed by atoms with Crippen LogP contribution in [0.3, 0.4) is 0 Å². The average Bonchev–Trinajstić information content (AvgIpc) is 2.87. The third-order valence-corrected chi connectivity index (χ3v) is 2.96. The third kappa shape index (κ3) is 4.44. The Labute approximate surface area is 112 Å². The Kier molecular flexibility index (Phi) is 4.26. The van der Waals surface area contributed by atoms with E-state index in [0.29, 0.717) is 12.2 Å². The van der Waals surface area contributed by atoms with Crippen LogP contribution in [-0.2, 0) is 6.54 Å². The van der Waals surface area contributed by atoms with E-state index in [1.54, 1.807) is 24.4 Å². The fraction of sp³-hybridized carbons (Fsp3) is 0.250. The molecule has 0 atom stereocenters. The number of nitrogens with one attached hydrogen (secondary N) is 1. The molecule has 19 heavy (non-hydrogen) atoms. The van der Waals surface area contributed by atoms with E-state index in [-0.39, 0.29) is 5.75 Å². The van der Waals surface area contributed by atoms with Gasteiger partial charge in [-0.15, -0.1) is 0 Å². The standard InChI is InChI=1S/C12H11F3N2OS/c13-12(14,15)8-18-11-4-2-1-3-10(11)16-7-9-5-6-17-19-9/h1-6,16H,7-8H2. The van der Waals surface area contributed by atoms with Gasteiger partial charge in [0.05, 0.1) is 12.2 Å². The van der Waals surface area contributed by atoms with Crippen molar-refractivity contribution < 1.29 is 17.9 Å². The molecule has 0 unspecified atom stereocenters. The molecule has 0 saturated heterocycles. The summed E-state index contributed by atoms with van der Waals surface area (Å²) in [6, 6.07) is 8.38. The van der Waals surface area contributed by atoms with Crippen molar-refractivity contribution in [1.29, 1.82) is 0 Å². The molecule has 1 aromatic heterocycles. The summed E-state index contributed by atoms with van der Waals surface area (Å²) in [6.45, 7) is -0.802. The largest absolute Gasteiger partial charge is 0.482 e. The maximum Gasteiger partial charge on any atom is 0.422 e. The lowest BCUT2D eigenvalue weighted by molar-refractivity contribution is -0.153. The molecule has 3 nitrogen and oxygen atoms in total. The summed E-state index contributed by atoms with van der Waals surface area (Å²) in [5.41, 5.74) is 0.528. The van der Waals surface area contributed by atoms with E-state index in [1.807, 2.05) is 6.07 Å². The molecular weight excluding hydrogens is 277 g/mol. The van der Waals surface area contributed by atoms with Gasteiger partial charge in [-0.05, 0) is 29.7 Å². The van der Waals surface area contributed by atoms with Crippen molar-refractivity contribution in [2.75, 3.05) is 11.9 Å². The first-order valence-corrected chi connectivity index (χ1v) is 6.24. The van der Waals surface area contributed by atoms with Crippen LogP contribution in [0.5, 0.6) is 5.75 Å². The Morgan fingerprint density at radius 1 is 1.21 bits per heavy atom. The summed E-state index contributed by atoms with van der Waals surface area (Å²) >= 11 is 1.33. The predicted octanol–water partition coefficient (Wildman–Crippen LogP) is 3.70. The molecule has 1 heterocycles. The molecular formula is C12H11F3N2OS. The van der Waals surface area contributed by atoms with Gasteiger partial charge in [-0.25, -0.2) is 4.37 Å². The maximum atomic E-state index is 12.1. The van der Waals surface area contributed by atoms with E-state index >= 15 is 0 Å². The highest BCUT2D eigenvalue weighted by Crippen LogP contribution is 2.26. The topological polar surface area (TPSA) is 34.1 Å². The second-order valence-corrected chi connectivity index (χ2v) is 4.65. The van der Waals surface area contributed by atoms with Gasteiger partial charge in [0.1, 0.15) is 5.75 Å². The number of aromatic nitrogens is 1. The van der Waals surface area contributed by atoms with Crippen molar-refractivity contribution in [2.45, 2.75) is 12.7 Å². The monoisotopic (exact) mass is 288 g/mol. The first-order valence-electron chi connectivity index (χ1n) is 5.46. The van der Waals surface area contributed by atoms with Crippen molar-refractivity contribution in [2.24, 2.45) is 0 Å². The first-order chi connectivity index (χ1) is 9.04. The Hall–Kier alpha value is -1.76. The van der Waals surface area contributed by atoms with Crippen LogP contribution in [0.2, 0.25) is 0 Å². The number of anilines is 1. The smallest absolute Gasteiger partial charge is 0.422 e. The highest BCUT2D eigenvalue weighted by atomic mass is 32.1. The molecule has 2 aromatic rings. The zero-order valence-corrected chi connectivity index (χ0v) is 10.6. The van der Waals surface area contributed by atoms with Crippen molar-refractivity contribution in [3.8, 4) is 5.75 Å². The molecule has 102 valence electrons. The van der Waals surface area contributed by atoms with Crippen LogP contribution < -0.4 is 10.1 Å². The lowest BCUT2D eigenvalue weighted by Gasteiger charge is -2.13. The highest BCUT2D eigenvalue weighted by molar-refractivity contribution is 7.05. The summed E-state index contributed by atoms with van der Waals surface area (Å²) in [6.07, 6.45) is -2.67. The minimum Gasteiger partial charge on any atom is -0.482 e. The minimum atomic E-state index is -4.34. The molecule has 2 rings (SSSR count).